The van der Waals surface area contributed by atoms with Crippen LogP contribution in [0.2, 0.25) is 0 Å². The minimum Gasteiger partial charge on any atom is -0.487 e. The van der Waals surface area contributed by atoms with Crippen LogP contribution in [0.1, 0.15) is 26.3 Å². The molecule has 0 aliphatic carbocycles. The minimum atomic E-state index is 0.147. The van der Waals surface area contributed by atoms with E-state index >= 15 is 0 Å². The summed E-state index contributed by atoms with van der Waals surface area (Å²) in [5.74, 6) is 1.04. The molecular formula is C13H19NO. The molecule has 1 aliphatic rings. The van der Waals surface area contributed by atoms with Gasteiger partial charge in [0, 0.05) is 13.1 Å². The van der Waals surface area contributed by atoms with Gasteiger partial charge in [0.1, 0.15) is 11.9 Å². The van der Waals surface area contributed by atoms with Gasteiger partial charge >= 0.3 is 0 Å². The highest BCUT2D eigenvalue weighted by Crippen LogP contribution is 2.31. The topological polar surface area (TPSA) is 21.3 Å². The number of benzene rings is 1. The summed E-state index contributed by atoms with van der Waals surface area (Å²) in [5.41, 5.74) is 1.44. The molecule has 2 heteroatoms. The van der Waals surface area contributed by atoms with Crippen LogP contribution in [-0.4, -0.2) is 19.2 Å². The number of ether oxygens (including phenoxy) is 1. The Morgan fingerprint density at radius 3 is 2.40 bits per heavy atom. The highest BCUT2D eigenvalue weighted by Gasteiger charge is 2.23. The summed E-state index contributed by atoms with van der Waals surface area (Å²) >= 11 is 0. The van der Waals surface area contributed by atoms with E-state index in [1.54, 1.807) is 0 Å². The van der Waals surface area contributed by atoms with E-state index in [2.05, 4.69) is 44.3 Å². The monoisotopic (exact) mass is 205 g/mol. The zero-order chi connectivity index (χ0) is 10.9. The van der Waals surface area contributed by atoms with Crippen LogP contribution in [0.25, 0.3) is 0 Å². The van der Waals surface area contributed by atoms with E-state index in [1.807, 2.05) is 6.07 Å². The predicted octanol–water partition coefficient (Wildman–Crippen LogP) is 2.33. The third-order valence-corrected chi connectivity index (χ3v) is 2.73. The van der Waals surface area contributed by atoms with Gasteiger partial charge in [-0.2, -0.15) is 0 Å². The molecule has 82 valence electrons. The second-order valence-corrected chi connectivity index (χ2v) is 5.14. The first-order chi connectivity index (χ1) is 7.07. The standard InChI is InChI=1S/C13H19NO/c1-13(2,3)11-6-4-5-7-12(11)15-10-8-14-9-10/h4-7,10,14H,8-9H2,1-3H3. The number of hydrogen-bond acceptors (Lipinski definition) is 2. The molecule has 1 saturated heterocycles. The Hall–Kier alpha value is -1.02. The summed E-state index contributed by atoms with van der Waals surface area (Å²) in [6.07, 6.45) is 0.355. The van der Waals surface area contributed by atoms with Gasteiger partial charge in [0.2, 0.25) is 0 Å². The van der Waals surface area contributed by atoms with Crippen molar-refractivity contribution in [3.63, 3.8) is 0 Å². The molecule has 1 fully saturated rings. The minimum absolute atomic E-state index is 0.147. The summed E-state index contributed by atoms with van der Waals surface area (Å²) < 4.78 is 5.95. The zero-order valence-corrected chi connectivity index (χ0v) is 9.71. The van der Waals surface area contributed by atoms with E-state index < -0.39 is 0 Å². The normalized spacial score (nSPS) is 17.3. The summed E-state index contributed by atoms with van der Waals surface area (Å²) in [7, 11) is 0. The summed E-state index contributed by atoms with van der Waals surface area (Å²) in [6, 6.07) is 8.34. The Morgan fingerprint density at radius 1 is 1.20 bits per heavy atom. The first-order valence-corrected chi connectivity index (χ1v) is 5.54. The van der Waals surface area contributed by atoms with Gasteiger partial charge in [-0.05, 0) is 17.0 Å². The van der Waals surface area contributed by atoms with Crippen LogP contribution in [0.5, 0.6) is 5.75 Å². The quantitative estimate of drug-likeness (QED) is 0.800. The zero-order valence-electron chi connectivity index (χ0n) is 9.71. The van der Waals surface area contributed by atoms with Crippen molar-refractivity contribution in [2.24, 2.45) is 0 Å². The van der Waals surface area contributed by atoms with Crippen molar-refractivity contribution < 1.29 is 4.74 Å². The number of hydrogen-bond donors (Lipinski definition) is 1. The fourth-order valence-electron chi connectivity index (χ4n) is 1.71. The molecule has 0 aromatic heterocycles. The smallest absolute Gasteiger partial charge is 0.123 e. The lowest BCUT2D eigenvalue weighted by Gasteiger charge is -2.31. The van der Waals surface area contributed by atoms with Gasteiger partial charge in [-0.15, -0.1) is 0 Å². The van der Waals surface area contributed by atoms with Gasteiger partial charge in [-0.3, -0.25) is 0 Å². The van der Waals surface area contributed by atoms with E-state index in [-0.39, 0.29) is 5.41 Å². The van der Waals surface area contributed by atoms with Crippen molar-refractivity contribution in [3.8, 4) is 5.75 Å². The second kappa shape index (κ2) is 3.86. The molecule has 0 bridgehead atoms. The highest BCUT2D eigenvalue weighted by molar-refractivity contribution is 5.38. The van der Waals surface area contributed by atoms with Gasteiger partial charge < -0.3 is 10.1 Å². The maximum atomic E-state index is 5.95. The molecule has 0 unspecified atom stereocenters. The average Bonchev–Trinajstić information content (AvgIpc) is 2.10. The van der Waals surface area contributed by atoms with Crippen LogP contribution in [-0.2, 0) is 5.41 Å². The molecule has 1 aromatic carbocycles. The van der Waals surface area contributed by atoms with Crippen molar-refractivity contribution in [2.45, 2.75) is 32.3 Å². The molecule has 15 heavy (non-hydrogen) atoms. The lowest BCUT2D eigenvalue weighted by atomic mass is 9.86. The fraction of sp³-hybridized carbons (Fsp3) is 0.538. The van der Waals surface area contributed by atoms with Crippen LogP contribution in [0.15, 0.2) is 24.3 Å². The average molecular weight is 205 g/mol. The molecular weight excluding hydrogens is 186 g/mol. The van der Waals surface area contributed by atoms with E-state index in [9.17, 15) is 0 Å². The van der Waals surface area contributed by atoms with Crippen molar-refractivity contribution in [1.82, 2.24) is 5.32 Å². The molecule has 1 N–H and O–H groups in total. The Morgan fingerprint density at radius 2 is 1.87 bits per heavy atom. The molecule has 1 aromatic rings. The molecule has 0 atom stereocenters. The molecule has 1 heterocycles. The van der Waals surface area contributed by atoms with Crippen LogP contribution in [0.3, 0.4) is 0 Å². The summed E-state index contributed by atoms with van der Waals surface area (Å²) in [6.45, 7) is 8.59. The van der Waals surface area contributed by atoms with Gasteiger partial charge in [0.25, 0.3) is 0 Å². The molecule has 2 rings (SSSR count). The van der Waals surface area contributed by atoms with Gasteiger partial charge in [-0.25, -0.2) is 0 Å². The lowest BCUT2D eigenvalue weighted by Crippen LogP contribution is -2.50. The number of nitrogens with one attached hydrogen (secondary N) is 1. The van der Waals surface area contributed by atoms with Crippen LogP contribution in [0.4, 0.5) is 0 Å². The first-order valence-electron chi connectivity index (χ1n) is 5.54. The fourth-order valence-corrected chi connectivity index (χ4v) is 1.71. The number of para-hydroxylation sites is 1. The molecule has 0 amide bonds. The van der Waals surface area contributed by atoms with Gasteiger partial charge in [-0.1, -0.05) is 39.0 Å². The summed E-state index contributed by atoms with van der Waals surface area (Å²) in [5, 5.41) is 3.21. The Bertz CT molecular complexity index is 337. The van der Waals surface area contributed by atoms with Crippen LogP contribution in [0, 0.1) is 0 Å². The Balaban J connectivity index is 2.21. The molecule has 2 nitrogen and oxygen atoms in total. The van der Waals surface area contributed by atoms with Crippen molar-refractivity contribution >= 4 is 0 Å². The van der Waals surface area contributed by atoms with Crippen LogP contribution >= 0.6 is 0 Å². The summed E-state index contributed by atoms with van der Waals surface area (Å²) in [4.78, 5) is 0. The first kappa shape index (κ1) is 10.5. The maximum Gasteiger partial charge on any atom is 0.123 e. The Labute approximate surface area is 91.6 Å². The third kappa shape index (κ3) is 2.32. The van der Waals surface area contributed by atoms with E-state index in [0.29, 0.717) is 6.10 Å². The SMILES string of the molecule is CC(C)(C)c1ccccc1OC1CNC1. The van der Waals surface area contributed by atoms with Crippen LogP contribution < -0.4 is 10.1 Å². The number of rotatable bonds is 2. The second-order valence-electron chi connectivity index (χ2n) is 5.14. The molecule has 0 radical (unpaired) electrons. The predicted molar refractivity (Wildman–Crippen MR) is 62.4 cm³/mol. The van der Waals surface area contributed by atoms with Crippen molar-refractivity contribution in [2.75, 3.05) is 13.1 Å². The van der Waals surface area contributed by atoms with E-state index in [1.165, 1.54) is 5.56 Å². The molecule has 0 saturated carbocycles. The Kier molecular flexibility index (Phi) is 2.70. The maximum absolute atomic E-state index is 5.95. The highest BCUT2D eigenvalue weighted by atomic mass is 16.5. The van der Waals surface area contributed by atoms with Gasteiger partial charge in [0.05, 0.1) is 0 Å². The molecule has 1 aliphatic heterocycles. The van der Waals surface area contributed by atoms with Crippen molar-refractivity contribution in [3.05, 3.63) is 29.8 Å². The van der Waals surface area contributed by atoms with Crippen molar-refractivity contribution in [1.29, 1.82) is 0 Å². The molecule has 0 spiro atoms. The van der Waals surface area contributed by atoms with Gasteiger partial charge in [0.15, 0.2) is 0 Å². The lowest BCUT2D eigenvalue weighted by molar-refractivity contribution is 0.139. The largest absolute Gasteiger partial charge is 0.487 e. The third-order valence-electron chi connectivity index (χ3n) is 2.73. The van der Waals surface area contributed by atoms with E-state index in [0.717, 1.165) is 18.8 Å². The van der Waals surface area contributed by atoms with E-state index in [4.69, 9.17) is 4.74 Å².